The molecule has 21 heavy (non-hydrogen) atoms. The third kappa shape index (κ3) is 3.82. The number of aromatic nitrogens is 1. The maximum atomic E-state index is 6.03. The van der Waals surface area contributed by atoms with Gasteiger partial charge in [-0.3, -0.25) is 9.88 Å². The fourth-order valence-electron chi connectivity index (χ4n) is 2.60. The van der Waals surface area contributed by atoms with Crippen LogP contribution in [0.25, 0.3) is 11.3 Å². The van der Waals surface area contributed by atoms with Crippen LogP contribution in [0, 0.1) is 0 Å². The highest BCUT2D eigenvalue weighted by Gasteiger charge is 2.13. The normalized spacial score (nSPS) is 17.0. The van der Waals surface area contributed by atoms with Gasteiger partial charge in [-0.2, -0.15) is 0 Å². The molecule has 0 amide bonds. The van der Waals surface area contributed by atoms with E-state index in [4.69, 9.17) is 11.6 Å². The maximum Gasteiger partial charge on any atom is 0.0702 e. The molecule has 2 heterocycles. The van der Waals surface area contributed by atoms with Gasteiger partial charge in [0.2, 0.25) is 0 Å². The molecule has 1 aliphatic rings. The molecule has 2 aromatic rings. The quantitative estimate of drug-likeness (QED) is 0.868. The molecule has 1 saturated heterocycles. The van der Waals surface area contributed by atoms with Gasteiger partial charge in [0.15, 0.2) is 0 Å². The average Bonchev–Trinajstić information content (AvgIpc) is 2.50. The van der Waals surface area contributed by atoms with E-state index >= 15 is 0 Å². The van der Waals surface area contributed by atoms with Crippen LogP contribution in [-0.2, 0) is 6.54 Å². The first kappa shape index (κ1) is 14.5. The van der Waals surface area contributed by atoms with Crippen molar-refractivity contribution in [2.45, 2.75) is 6.54 Å². The predicted molar refractivity (Wildman–Crippen MR) is 87.5 cm³/mol. The summed E-state index contributed by atoms with van der Waals surface area (Å²) >= 11 is 6.03. The van der Waals surface area contributed by atoms with Gasteiger partial charge in [-0.25, -0.2) is 0 Å². The summed E-state index contributed by atoms with van der Waals surface area (Å²) in [7, 11) is 2.18. The maximum absolute atomic E-state index is 6.03. The minimum atomic E-state index is 0.746. The first-order chi connectivity index (χ1) is 10.2. The third-order valence-electron chi connectivity index (χ3n) is 3.95. The Labute approximate surface area is 131 Å². The molecule has 3 rings (SSSR count). The highest BCUT2D eigenvalue weighted by molar-refractivity contribution is 6.30. The molecule has 4 heteroatoms. The summed E-state index contributed by atoms with van der Waals surface area (Å²) in [5.74, 6) is 0. The molecule has 0 spiro atoms. The van der Waals surface area contributed by atoms with Crippen LogP contribution in [0.4, 0.5) is 0 Å². The van der Waals surface area contributed by atoms with Gasteiger partial charge < -0.3 is 4.90 Å². The van der Waals surface area contributed by atoms with Crippen LogP contribution in [0.1, 0.15) is 5.56 Å². The molecule has 3 nitrogen and oxygen atoms in total. The summed E-state index contributed by atoms with van der Waals surface area (Å²) in [4.78, 5) is 9.43. The zero-order chi connectivity index (χ0) is 14.7. The Morgan fingerprint density at radius 1 is 1.10 bits per heavy atom. The first-order valence-corrected chi connectivity index (χ1v) is 7.70. The fraction of sp³-hybridized carbons (Fsp3) is 0.353. The topological polar surface area (TPSA) is 19.4 Å². The lowest BCUT2D eigenvalue weighted by atomic mass is 10.1. The van der Waals surface area contributed by atoms with Gasteiger partial charge >= 0.3 is 0 Å². The van der Waals surface area contributed by atoms with Gasteiger partial charge in [0.1, 0.15) is 0 Å². The van der Waals surface area contributed by atoms with Crippen LogP contribution in [0.2, 0.25) is 5.02 Å². The van der Waals surface area contributed by atoms with Crippen LogP contribution in [0.5, 0.6) is 0 Å². The summed E-state index contributed by atoms with van der Waals surface area (Å²) in [6.45, 7) is 5.54. The summed E-state index contributed by atoms with van der Waals surface area (Å²) in [6.07, 6.45) is 1.98. The molecule has 0 saturated carbocycles. The van der Waals surface area contributed by atoms with E-state index in [1.165, 1.54) is 5.56 Å². The zero-order valence-corrected chi connectivity index (χ0v) is 13.1. The number of hydrogen-bond donors (Lipinski definition) is 0. The first-order valence-electron chi connectivity index (χ1n) is 7.32. The number of likely N-dealkylation sites (N-methyl/N-ethyl adjacent to an activating group) is 1. The van der Waals surface area contributed by atoms with Crippen LogP contribution in [-0.4, -0.2) is 48.0 Å². The van der Waals surface area contributed by atoms with Crippen molar-refractivity contribution >= 4 is 11.6 Å². The second kappa shape index (κ2) is 6.56. The van der Waals surface area contributed by atoms with Crippen LogP contribution in [0.15, 0.2) is 42.6 Å². The SMILES string of the molecule is CN1CCN(Cc2ccc(-c3cccc(Cl)c3)nc2)CC1. The molecule has 1 aromatic carbocycles. The lowest BCUT2D eigenvalue weighted by molar-refractivity contribution is 0.148. The van der Waals surface area contributed by atoms with Crippen LogP contribution >= 0.6 is 11.6 Å². The summed E-state index contributed by atoms with van der Waals surface area (Å²) in [5.41, 5.74) is 3.30. The molecule has 0 aliphatic carbocycles. The minimum Gasteiger partial charge on any atom is -0.304 e. The van der Waals surface area contributed by atoms with Gasteiger partial charge in [0.25, 0.3) is 0 Å². The molecule has 1 aliphatic heterocycles. The summed E-state index contributed by atoms with van der Waals surface area (Å²) in [6, 6.07) is 12.1. The number of halogens is 1. The van der Waals surface area contributed by atoms with Gasteiger partial charge in [0.05, 0.1) is 5.69 Å². The van der Waals surface area contributed by atoms with E-state index in [1.54, 1.807) is 0 Å². The Balaban J connectivity index is 1.67. The van der Waals surface area contributed by atoms with E-state index in [2.05, 4.69) is 34.0 Å². The molecule has 1 fully saturated rings. The zero-order valence-electron chi connectivity index (χ0n) is 12.3. The number of piperazine rings is 1. The average molecular weight is 302 g/mol. The largest absolute Gasteiger partial charge is 0.304 e. The summed E-state index contributed by atoms with van der Waals surface area (Å²) < 4.78 is 0. The lowest BCUT2D eigenvalue weighted by Gasteiger charge is -2.32. The van der Waals surface area contributed by atoms with E-state index in [9.17, 15) is 0 Å². The van der Waals surface area contributed by atoms with Crippen molar-refractivity contribution in [3.63, 3.8) is 0 Å². The van der Waals surface area contributed by atoms with Crippen molar-refractivity contribution < 1.29 is 0 Å². The molecule has 0 radical (unpaired) electrons. The number of nitrogens with zero attached hydrogens (tertiary/aromatic N) is 3. The molecule has 0 bridgehead atoms. The molecular formula is C17H20ClN3. The molecule has 0 unspecified atom stereocenters. The standard InChI is InChI=1S/C17H20ClN3/c1-20-7-9-21(10-8-20)13-14-5-6-17(19-12-14)15-3-2-4-16(18)11-15/h2-6,11-12H,7-10,13H2,1H3. The molecule has 110 valence electrons. The van der Waals surface area contributed by atoms with Crippen molar-refractivity contribution in [3.8, 4) is 11.3 Å². The highest BCUT2D eigenvalue weighted by Crippen LogP contribution is 2.21. The molecular weight excluding hydrogens is 282 g/mol. The van der Waals surface area contributed by atoms with Crippen molar-refractivity contribution in [3.05, 3.63) is 53.2 Å². The lowest BCUT2D eigenvalue weighted by Crippen LogP contribution is -2.43. The number of pyridine rings is 1. The smallest absolute Gasteiger partial charge is 0.0702 e. The van der Waals surface area contributed by atoms with E-state index in [0.717, 1.165) is 49.0 Å². The number of hydrogen-bond acceptors (Lipinski definition) is 3. The fourth-order valence-corrected chi connectivity index (χ4v) is 2.79. The van der Waals surface area contributed by atoms with E-state index in [-0.39, 0.29) is 0 Å². The molecule has 1 aromatic heterocycles. The second-order valence-electron chi connectivity index (χ2n) is 5.64. The third-order valence-corrected chi connectivity index (χ3v) is 4.18. The Morgan fingerprint density at radius 3 is 2.57 bits per heavy atom. The van der Waals surface area contributed by atoms with Gasteiger partial charge in [0, 0.05) is 49.5 Å². The highest BCUT2D eigenvalue weighted by atomic mass is 35.5. The van der Waals surface area contributed by atoms with Crippen LogP contribution < -0.4 is 0 Å². The Bertz CT molecular complexity index is 589. The number of rotatable bonds is 3. The van der Waals surface area contributed by atoms with Crippen molar-refractivity contribution in [2.24, 2.45) is 0 Å². The van der Waals surface area contributed by atoms with Gasteiger partial charge in [-0.1, -0.05) is 29.8 Å². The van der Waals surface area contributed by atoms with Gasteiger partial charge in [-0.05, 0) is 30.8 Å². The van der Waals surface area contributed by atoms with Crippen molar-refractivity contribution in [2.75, 3.05) is 33.2 Å². The van der Waals surface area contributed by atoms with Crippen molar-refractivity contribution in [1.82, 2.24) is 14.8 Å². The Hall–Kier alpha value is -1.42. The monoisotopic (exact) mass is 301 g/mol. The molecule has 0 N–H and O–H groups in total. The second-order valence-corrected chi connectivity index (χ2v) is 6.08. The van der Waals surface area contributed by atoms with E-state index in [0.29, 0.717) is 0 Å². The van der Waals surface area contributed by atoms with Gasteiger partial charge in [-0.15, -0.1) is 0 Å². The van der Waals surface area contributed by atoms with E-state index in [1.807, 2.05) is 30.5 Å². The van der Waals surface area contributed by atoms with Crippen LogP contribution in [0.3, 0.4) is 0 Å². The summed E-state index contributed by atoms with van der Waals surface area (Å²) in [5, 5.41) is 0.746. The minimum absolute atomic E-state index is 0.746. The predicted octanol–water partition coefficient (Wildman–Crippen LogP) is 3.15. The number of benzene rings is 1. The molecule has 0 atom stereocenters. The van der Waals surface area contributed by atoms with E-state index < -0.39 is 0 Å². The Morgan fingerprint density at radius 2 is 1.90 bits per heavy atom. The van der Waals surface area contributed by atoms with Crippen molar-refractivity contribution in [1.29, 1.82) is 0 Å². The Kier molecular flexibility index (Phi) is 4.54.